The zero-order valence-corrected chi connectivity index (χ0v) is 9.20. The number of carboxylic acid groups (broad SMARTS) is 2. The van der Waals surface area contributed by atoms with Crippen LogP contribution < -0.4 is 0 Å². The summed E-state index contributed by atoms with van der Waals surface area (Å²) in [5, 5.41) is 13.9. The average Bonchev–Trinajstić information content (AvgIpc) is 2.07. The van der Waals surface area contributed by atoms with Crippen molar-refractivity contribution in [2.45, 2.75) is 39.5 Å². The van der Waals surface area contributed by atoms with Crippen LogP contribution in [0.1, 0.15) is 39.5 Å². The third kappa shape index (κ3) is 135. The normalized spacial score (nSPS) is 7.00. The summed E-state index contributed by atoms with van der Waals surface area (Å²) in [6.07, 6.45) is 6.78. The van der Waals surface area contributed by atoms with Crippen LogP contribution in [0.4, 0.5) is 4.79 Å². The summed E-state index contributed by atoms with van der Waals surface area (Å²) >= 11 is 0. The molecule has 0 spiro atoms. The first kappa shape index (κ1) is 18.5. The predicted molar refractivity (Wildman–Crippen MR) is 60.9 cm³/mol. The number of hydrogen-bond donors (Lipinski definition) is 2. The van der Waals surface area contributed by atoms with Crippen LogP contribution in [0.5, 0.6) is 0 Å². The Morgan fingerprint density at radius 3 is 1.29 bits per heavy atom. The van der Waals surface area contributed by atoms with E-state index in [1.807, 2.05) is 12.2 Å². The van der Waals surface area contributed by atoms with Gasteiger partial charge in [0, 0.05) is 0 Å². The highest BCUT2D eigenvalue weighted by atomic mass is 16.6. The molecule has 0 bridgehead atoms. The van der Waals surface area contributed by atoms with Crippen molar-refractivity contribution < 1.29 is 15.0 Å². The second kappa shape index (κ2) is 22.6. The van der Waals surface area contributed by atoms with Crippen LogP contribution in [0.3, 0.4) is 0 Å². The number of allylic oxidation sites excluding steroid dienone is 2. The van der Waals surface area contributed by atoms with E-state index in [9.17, 15) is 0 Å². The van der Waals surface area contributed by atoms with E-state index in [0.717, 1.165) is 12.8 Å². The summed E-state index contributed by atoms with van der Waals surface area (Å²) in [4.78, 5) is 8.56. The Labute approximate surface area is 86.8 Å². The molecule has 0 radical (unpaired) electrons. The molecule has 84 valence electrons. The zero-order chi connectivity index (χ0) is 11.8. The molecule has 0 fully saturated rings. The van der Waals surface area contributed by atoms with Gasteiger partial charge >= 0.3 is 6.16 Å². The highest BCUT2D eigenvalue weighted by Crippen LogP contribution is 1.82. The summed E-state index contributed by atoms with van der Waals surface area (Å²) < 4.78 is 0. The van der Waals surface area contributed by atoms with Crippen LogP contribution >= 0.6 is 0 Å². The molecule has 0 saturated heterocycles. The minimum Gasteiger partial charge on any atom is -0.450 e. The lowest BCUT2D eigenvalue weighted by atomic mass is 10.3. The zero-order valence-electron chi connectivity index (χ0n) is 9.20. The van der Waals surface area contributed by atoms with Crippen molar-refractivity contribution in [2.75, 3.05) is 0 Å². The second-order valence-electron chi connectivity index (χ2n) is 2.44. The van der Waals surface area contributed by atoms with Gasteiger partial charge in [0.05, 0.1) is 0 Å². The highest BCUT2D eigenvalue weighted by Gasteiger charge is 1.70. The number of rotatable bonds is 4. The quantitative estimate of drug-likeness (QED) is 0.673. The van der Waals surface area contributed by atoms with Gasteiger partial charge in [0.15, 0.2) is 0 Å². The molecular weight excluding hydrogens is 180 g/mol. The van der Waals surface area contributed by atoms with Crippen molar-refractivity contribution >= 4 is 6.16 Å². The fourth-order valence-electron chi connectivity index (χ4n) is 0.408. The van der Waals surface area contributed by atoms with Crippen molar-refractivity contribution in [1.82, 2.24) is 0 Å². The minimum atomic E-state index is -1.83. The second-order valence-corrected chi connectivity index (χ2v) is 2.44. The van der Waals surface area contributed by atoms with E-state index in [1.54, 1.807) is 0 Å². The summed E-state index contributed by atoms with van der Waals surface area (Å²) in [5.41, 5.74) is 0. The SMILES string of the molecule is C=CCCC.C=CCCC.O=C(O)O. The molecule has 0 heterocycles. The molecule has 0 rings (SSSR count). The van der Waals surface area contributed by atoms with Gasteiger partial charge in [-0.15, -0.1) is 13.2 Å². The van der Waals surface area contributed by atoms with Crippen LogP contribution in [0.15, 0.2) is 25.3 Å². The van der Waals surface area contributed by atoms with Crippen LogP contribution in [0.25, 0.3) is 0 Å². The minimum absolute atomic E-state index is 1.15. The van der Waals surface area contributed by atoms with Crippen molar-refractivity contribution in [1.29, 1.82) is 0 Å². The number of carbonyl (C=O) groups is 1. The molecule has 14 heavy (non-hydrogen) atoms. The van der Waals surface area contributed by atoms with E-state index >= 15 is 0 Å². The molecule has 3 nitrogen and oxygen atoms in total. The van der Waals surface area contributed by atoms with Gasteiger partial charge in [-0.3, -0.25) is 0 Å². The van der Waals surface area contributed by atoms with Crippen LogP contribution in [-0.4, -0.2) is 16.4 Å². The maximum Gasteiger partial charge on any atom is 0.503 e. The maximum absolute atomic E-state index is 8.56. The predicted octanol–water partition coefficient (Wildman–Crippen LogP) is 4.17. The molecule has 3 heteroatoms. The molecule has 0 amide bonds. The van der Waals surface area contributed by atoms with E-state index in [1.165, 1.54) is 12.8 Å². The fourth-order valence-corrected chi connectivity index (χ4v) is 0.408. The Morgan fingerprint density at radius 2 is 1.29 bits per heavy atom. The lowest BCUT2D eigenvalue weighted by molar-refractivity contribution is 0.137. The molecule has 0 aromatic carbocycles. The topological polar surface area (TPSA) is 57.5 Å². The van der Waals surface area contributed by atoms with E-state index in [-0.39, 0.29) is 0 Å². The third-order valence-corrected chi connectivity index (χ3v) is 0.986. The van der Waals surface area contributed by atoms with Gasteiger partial charge in [0.2, 0.25) is 0 Å². The fraction of sp³-hybridized carbons (Fsp3) is 0.545. The number of unbranched alkanes of at least 4 members (excludes halogenated alkanes) is 2. The van der Waals surface area contributed by atoms with Gasteiger partial charge in [-0.05, 0) is 12.8 Å². The van der Waals surface area contributed by atoms with E-state index in [4.69, 9.17) is 15.0 Å². The van der Waals surface area contributed by atoms with Gasteiger partial charge < -0.3 is 10.2 Å². The van der Waals surface area contributed by atoms with Gasteiger partial charge in [-0.2, -0.15) is 0 Å². The van der Waals surface area contributed by atoms with E-state index in [2.05, 4.69) is 27.0 Å². The molecule has 2 N–H and O–H groups in total. The maximum atomic E-state index is 8.56. The third-order valence-electron chi connectivity index (χ3n) is 0.986. The van der Waals surface area contributed by atoms with Crippen LogP contribution in [0, 0.1) is 0 Å². The first-order chi connectivity index (χ1) is 6.56. The lowest BCUT2D eigenvalue weighted by Crippen LogP contribution is -1.81. The van der Waals surface area contributed by atoms with Gasteiger partial charge in [0.25, 0.3) is 0 Å². The molecule has 0 aromatic heterocycles. The summed E-state index contributed by atoms with van der Waals surface area (Å²) in [6.45, 7) is 11.4. The molecular formula is C11H22O3. The van der Waals surface area contributed by atoms with Crippen molar-refractivity contribution in [3.63, 3.8) is 0 Å². The molecule has 0 aliphatic carbocycles. The number of hydrogen-bond acceptors (Lipinski definition) is 1. The van der Waals surface area contributed by atoms with Crippen LogP contribution in [0.2, 0.25) is 0 Å². The van der Waals surface area contributed by atoms with Gasteiger partial charge in [0.1, 0.15) is 0 Å². The summed E-state index contributed by atoms with van der Waals surface area (Å²) in [5.74, 6) is 0. The molecule has 0 aliphatic rings. The lowest BCUT2D eigenvalue weighted by Gasteiger charge is -1.72. The van der Waals surface area contributed by atoms with E-state index < -0.39 is 6.16 Å². The first-order valence-electron chi connectivity index (χ1n) is 4.70. The highest BCUT2D eigenvalue weighted by molar-refractivity contribution is 5.53. The van der Waals surface area contributed by atoms with E-state index in [0.29, 0.717) is 0 Å². The van der Waals surface area contributed by atoms with Crippen molar-refractivity contribution in [3.05, 3.63) is 25.3 Å². The largest absolute Gasteiger partial charge is 0.503 e. The smallest absolute Gasteiger partial charge is 0.450 e. The Morgan fingerprint density at radius 1 is 1.07 bits per heavy atom. The Kier molecular flexibility index (Phi) is 29.9. The Balaban J connectivity index is -0.000000131. The van der Waals surface area contributed by atoms with Crippen molar-refractivity contribution in [3.8, 4) is 0 Å². The monoisotopic (exact) mass is 202 g/mol. The Hall–Kier alpha value is -1.25. The Bertz CT molecular complexity index is 116. The average molecular weight is 202 g/mol. The first-order valence-corrected chi connectivity index (χ1v) is 4.70. The van der Waals surface area contributed by atoms with Gasteiger partial charge in [-0.25, -0.2) is 4.79 Å². The van der Waals surface area contributed by atoms with Crippen molar-refractivity contribution in [2.24, 2.45) is 0 Å². The molecule has 0 unspecified atom stereocenters. The molecule has 0 aromatic rings. The van der Waals surface area contributed by atoms with Gasteiger partial charge in [-0.1, -0.05) is 38.8 Å². The molecule has 0 atom stereocenters. The summed E-state index contributed by atoms with van der Waals surface area (Å²) in [6, 6.07) is 0. The van der Waals surface area contributed by atoms with Crippen LogP contribution in [-0.2, 0) is 0 Å². The molecule has 0 aliphatic heterocycles. The molecule has 0 saturated carbocycles. The summed E-state index contributed by atoms with van der Waals surface area (Å²) in [7, 11) is 0. The standard InChI is InChI=1S/2C5H10.CH2O3/c2*1-3-5-4-2;2-1(3)4/h2*3H,1,4-5H2,2H3;(H2,2,3,4).